The van der Waals surface area contributed by atoms with Crippen LogP contribution < -0.4 is 11.5 Å². The van der Waals surface area contributed by atoms with E-state index in [1.54, 1.807) is 0 Å². The van der Waals surface area contributed by atoms with Crippen molar-refractivity contribution >= 4 is 11.8 Å². The number of hydrogen-bond donors (Lipinski definition) is 2. The average Bonchev–Trinajstić information content (AvgIpc) is 1.95. The lowest BCUT2D eigenvalue weighted by molar-refractivity contribution is -0.478. The molecule has 0 aliphatic carbocycles. The van der Waals surface area contributed by atoms with Gasteiger partial charge in [0, 0.05) is 11.3 Å². The molecule has 0 aromatic carbocycles. The zero-order valence-corrected chi connectivity index (χ0v) is 6.73. The third-order valence-electron chi connectivity index (χ3n) is 1.19. The van der Waals surface area contributed by atoms with Crippen LogP contribution in [0, 0.1) is 10.1 Å². The van der Waals surface area contributed by atoms with Gasteiger partial charge in [-0.2, -0.15) is 0 Å². The molecular weight excluding hydrogens is 178 g/mol. The van der Waals surface area contributed by atoms with E-state index >= 15 is 0 Å². The number of nitro groups is 1. The monoisotopic (exact) mass is 187 g/mol. The molecule has 0 saturated heterocycles. The summed E-state index contributed by atoms with van der Waals surface area (Å²) in [6.45, 7) is -0.371. The predicted octanol–water partition coefficient (Wildman–Crippen LogP) is -1.45. The normalized spacial score (nSPS) is 8.92. The average molecular weight is 187 g/mol. The molecule has 0 radical (unpaired) electrons. The Kier molecular flexibility index (Phi) is 4.14. The smallest absolute Gasteiger partial charge is 0.253 e. The Bertz CT molecular complexity index is 255. The molecule has 0 unspecified atom stereocenters. The summed E-state index contributed by atoms with van der Waals surface area (Å²) < 4.78 is 0. The van der Waals surface area contributed by atoms with Crippen LogP contribution in [0.1, 0.15) is 6.42 Å². The van der Waals surface area contributed by atoms with E-state index in [1.807, 2.05) is 0 Å². The van der Waals surface area contributed by atoms with Crippen molar-refractivity contribution in [3.63, 3.8) is 0 Å². The summed E-state index contributed by atoms with van der Waals surface area (Å²) in [5.41, 5.74) is 9.15. The largest absolute Gasteiger partial charge is 0.365 e. The van der Waals surface area contributed by atoms with Crippen molar-refractivity contribution in [2.24, 2.45) is 11.5 Å². The minimum absolute atomic E-state index is 0.0474. The highest BCUT2D eigenvalue weighted by atomic mass is 16.6. The Labute approximate surface area is 73.5 Å². The van der Waals surface area contributed by atoms with Gasteiger partial charge in [-0.05, 0) is 0 Å². The Balaban J connectivity index is 4.30. The van der Waals surface area contributed by atoms with Gasteiger partial charge in [0.05, 0.1) is 5.57 Å². The first-order valence-electron chi connectivity index (χ1n) is 3.36. The molecule has 0 spiro atoms. The highest BCUT2D eigenvalue weighted by Gasteiger charge is 2.10. The number of rotatable bonds is 5. The second-order valence-electron chi connectivity index (χ2n) is 2.19. The molecule has 0 aromatic rings. The van der Waals surface area contributed by atoms with Crippen molar-refractivity contribution in [2.75, 3.05) is 6.54 Å². The van der Waals surface area contributed by atoms with Gasteiger partial charge < -0.3 is 11.5 Å². The molecule has 0 rings (SSSR count). The molecule has 2 amide bonds. The Hall–Kier alpha value is -1.92. The van der Waals surface area contributed by atoms with Gasteiger partial charge >= 0.3 is 0 Å². The van der Waals surface area contributed by atoms with Crippen LogP contribution in [0.25, 0.3) is 0 Å². The van der Waals surface area contributed by atoms with Gasteiger partial charge in [0.15, 0.2) is 0 Å². The van der Waals surface area contributed by atoms with Crippen molar-refractivity contribution < 1.29 is 14.5 Å². The van der Waals surface area contributed by atoms with Crippen LogP contribution in [-0.2, 0) is 9.59 Å². The van der Waals surface area contributed by atoms with Crippen molar-refractivity contribution in [1.82, 2.24) is 0 Å². The van der Waals surface area contributed by atoms with E-state index in [-0.39, 0.29) is 13.0 Å². The fraction of sp³-hybridized carbons (Fsp3) is 0.333. The third kappa shape index (κ3) is 4.51. The SMILES string of the molecule is NC(=O)C(=CCC[N+](=O)[O-])C(N)=O. The molecule has 0 aliphatic rings. The lowest BCUT2D eigenvalue weighted by Crippen LogP contribution is -2.26. The standard InChI is InChI=1S/C6H9N3O4/c7-5(10)4(6(8)11)2-1-3-9(12)13/h2H,1,3H2,(H2,7,10)(H2,8,11). The van der Waals surface area contributed by atoms with Crippen molar-refractivity contribution in [3.05, 3.63) is 21.8 Å². The lowest BCUT2D eigenvalue weighted by Gasteiger charge is -1.95. The van der Waals surface area contributed by atoms with E-state index < -0.39 is 22.3 Å². The summed E-state index contributed by atoms with van der Waals surface area (Å²) >= 11 is 0. The van der Waals surface area contributed by atoms with Crippen LogP contribution >= 0.6 is 0 Å². The quantitative estimate of drug-likeness (QED) is 0.179. The highest BCUT2D eigenvalue weighted by Crippen LogP contribution is 1.94. The Morgan fingerprint density at radius 2 is 1.77 bits per heavy atom. The van der Waals surface area contributed by atoms with E-state index in [0.717, 1.165) is 6.08 Å². The number of carbonyl (C=O) groups excluding carboxylic acids is 2. The maximum absolute atomic E-state index is 10.5. The second-order valence-corrected chi connectivity index (χ2v) is 2.19. The zero-order chi connectivity index (χ0) is 10.4. The summed E-state index contributed by atoms with van der Waals surface area (Å²) in [6.07, 6.45) is 1.02. The Morgan fingerprint density at radius 3 is 2.08 bits per heavy atom. The number of nitrogens with zero attached hydrogens (tertiary/aromatic N) is 1. The van der Waals surface area contributed by atoms with E-state index in [1.165, 1.54) is 0 Å². The van der Waals surface area contributed by atoms with Crippen molar-refractivity contribution in [2.45, 2.75) is 6.42 Å². The number of primary amides is 2. The van der Waals surface area contributed by atoms with Crippen LogP contribution in [0.15, 0.2) is 11.6 Å². The van der Waals surface area contributed by atoms with Crippen molar-refractivity contribution in [3.8, 4) is 0 Å². The molecule has 0 atom stereocenters. The van der Waals surface area contributed by atoms with Gasteiger partial charge in [0.1, 0.15) is 0 Å². The zero-order valence-electron chi connectivity index (χ0n) is 6.73. The van der Waals surface area contributed by atoms with Crippen LogP contribution in [0.2, 0.25) is 0 Å². The third-order valence-corrected chi connectivity index (χ3v) is 1.19. The van der Waals surface area contributed by atoms with Crippen LogP contribution in [0.3, 0.4) is 0 Å². The molecule has 0 fully saturated rings. The molecule has 13 heavy (non-hydrogen) atoms. The summed E-state index contributed by atoms with van der Waals surface area (Å²) in [5, 5.41) is 9.86. The second kappa shape index (κ2) is 4.86. The summed E-state index contributed by atoms with van der Waals surface area (Å²) in [7, 11) is 0. The molecule has 0 aromatic heterocycles. The molecule has 72 valence electrons. The summed E-state index contributed by atoms with van der Waals surface area (Å²) in [4.78, 5) is 30.3. The summed E-state index contributed by atoms with van der Waals surface area (Å²) in [6, 6.07) is 0. The maximum Gasteiger partial charge on any atom is 0.253 e. The van der Waals surface area contributed by atoms with E-state index in [4.69, 9.17) is 11.5 Å². The van der Waals surface area contributed by atoms with Crippen LogP contribution in [0.5, 0.6) is 0 Å². The van der Waals surface area contributed by atoms with Crippen molar-refractivity contribution in [1.29, 1.82) is 0 Å². The van der Waals surface area contributed by atoms with E-state index in [0.29, 0.717) is 0 Å². The minimum atomic E-state index is -0.976. The molecule has 0 bridgehead atoms. The van der Waals surface area contributed by atoms with Gasteiger partial charge in [-0.25, -0.2) is 0 Å². The topological polar surface area (TPSA) is 129 Å². The van der Waals surface area contributed by atoms with Gasteiger partial charge in [-0.1, -0.05) is 6.08 Å². The molecule has 0 saturated carbocycles. The van der Waals surface area contributed by atoms with Gasteiger partial charge in [0.25, 0.3) is 11.8 Å². The molecular formula is C6H9N3O4. The highest BCUT2D eigenvalue weighted by molar-refractivity contribution is 6.17. The number of amides is 2. The predicted molar refractivity (Wildman–Crippen MR) is 43.0 cm³/mol. The van der Waals surface area contributed by atoms with Gasteiger partial charge in [0.2, 0.25) is 6.54 Å². The fourth-order valence-electron chi connectivity index (χ4n) is 0.637. The molecule has 4 N–H and O–H groups in total. The van der Waals surface area contributed by atoms with Gasteiger partial charge in [-0.3, -0.25) is 19.7 Å². The maximum atomic E-state index is 10.5. The molecule has 7 nitrogen and oxygen atoms in total. The van der Waals surface area contributed by atoms with Gasteiger partial charge in [-0.15, -0.1) is 0 Å². The van der Waals surface area contributed by atoms with Crippen LogP contribution in [0.4, 0.5) is 0 Å². The first kappa shape index (κ1) is 11.1. The Morgan fingerprint density at radius 1 is 1.31 bits per heavy atom. The number of carbonyl (C=O) groups is 2. The first-order valence-corrected chi connectivity index (χ1v) is 3.36. The molecule has 0 heterocycles. The first-order chi connectivity index (χ1) is 5.95. The minimum Gasteiger partial charge on any atom is -0.365 e. The number of hydrogen-bond acceptors (Lipinski definition) is 4. The lowest BCUT2D eigenvalue weighted by atomic mass is 10.2. The molecule has 7 heteroatoms. The van der Waals surface area contributed by atoms with E-state index in [2.05, 4.69) is 0 Å². The summed E-state index contributed by atoms with van der Waals surface area (Å²) in [5.74, 6) is -1.95. The molecule has 0 aliphatic heterocycles. The number of nitrogens with two attached hydrogens (primary N) is 2. The van der Waals surface area contributed by atoms with E-state index in [9.17, 15) is 19.7 Å². The van der Waals surface area contributed by atoms with Crippen LogP contribution in [-0.4, -0.2) is 23.3 Å². The fourth-order valence-corrected chi connectivity index (χ4v) is 0.637.